The van der Waals surface area contributed by atoms with Gasteiger partial charge in [-0.1, -0.05) is 0 Å². The Morgan fingerprint density at radius 1 is 1.50 bits per heavy atom. The highest BCUT2D eigenvalue weighted by molar-refractivity contribution is 5.83. The lowest BCUT2D eigenvalue weighted by Gasteiger charge is -2.31. The summed E-state index contributed by atoms with van der Waals surface area (Å²) in [6.45, 7) is 4.53. The number of carboxylic acid groups (broad SMARTS) is 1. The summed E-state index contributed by atoms with van der Waals surface area (Å²) in [6.07, 6.45) is 1.69. The SMILES string of the molecule is CC(C)(CN)C(=O)N1CCCC1CC(=O)O. The van der Waals surface area contributed by atoms with Gasteiger partial charge in [-0.2, -0.15) is 0 Å². The lowest BCUT2D eigenvalue weighted by Crippen LogP contribution is -2.47. The van der Waals surface area contributed by atoms with Gasteiger partial charge in [-0.3, -0.25) is 9.59 Å². The second-order valence-corrected chi connectivity index (χ2v) is 4.98. The molecule has 0 aromatic carbocycles. The first kappa shape index (κ1) is 13.0. The lowest BCUT2D eigenvalue weighted by atomic mass is 9.91. The van der Waals surface area contributed by atoms with Crippen LogP contribution in [0.3, 0.4) is 0 Å². The van der Waals surface area contributed by atoms with Crippen molar-refractivity contribution in [3.63, 3.8) is 0 Å². The molecule has 5 heteroatoms. The van der Waals surface area contributed by atoms with E-state index in [9.17, 15) is 9.59 Å². The second kappa shape index (κ2) is 4.82. The van der Waals surface area contributed by atoms with Crippen LogP contribution in [0.4, 0.5) is 0 Å². The average molecular weight is 228 g/mol. The van der Waals surface area contributed by atoms with E-state index in [0.717, 1.165) is 12.8 Å². The van der Waals surface area contributed by atoms with Crippen LogP contribution in [0.1, 0.15) is 33.1 Å². The molecule has 0 bridgehead atoms. The molecule has 0 spiro atoms. The first-order valence-corrected chi connectivity index (χ1v) is 5.61. The fourth-order valence-corrected chi connectivity index (χ4v) is 1.99. The van der Waals surface area contributed by atoms with E-state index in [0.29, 0.717) is 6.54 Å². The van der Waals surface area contributed by atoms with Gasteiger partial charge in [-0.15, -0.1) is 0 Å². The Labute approximate surface area is 95.6 Å². The van der Waals surface area contributed by atoms with Crippen molar-refractivity contribution >= 4 is 11.9 Å². The molecule has 0 aromatic heterocycles. The summed E-state index contributed by atoms with van der Waals surface area (Å²) in [4.78, 5) is 24.5. The highest BCUT2D eigenvalue weighted by Gasteiger charge is 2.37. The number of hydrogen-bond donors (Lipinski definition) is 2. The van der Waals surface area contributed by atoms with Crippen LogP contribution in [0.25, 0.3) is 0 Å². The smallest absolute Gasteiger partial charge is 0.305 e. The molecule has 1 aliphatic heterocycles. The molecule has 1 saturated heterocycles. The van der Waals surface area contributed by atoms with Gasteiger partial charge in [0, 0.05) is 19.1 Å². The highest BCUT2D eigenvalue weighted by atomic mass is 16.4. The van der Waals surface area contributed by atoms with E-state index >= 15 is 0 Å². The van der Waals surface area contributed by atoms with Crippen molar-refractivity contribution in [3.05, 3.63) is 0 Å². The van der Waals surface area contributed by atoms with Gasteiger partial charge in [0.05, 0.1) is 11.8 Å². The van der Waals surface area contributed by atoms with Crippen molar-refractivity contribution in [1.29, 1.82) is 0 Å². The first-order chi connectivity index (χ1) is 7.38. The number of amides is 1. The summed E-state index contributed by atoms with van der Waals surface area (Å²) in [7, 11) is 0. The summed E-state index contributed by atoms with van der Waals surface area (Å²) in [5.74, 6) is -0.881. The number of carbonyl (C=O) groups excluding carboxylic acids is 1. The number of aliphatic carboxylic acids is 1. The first-order valence-electron chi connectivity index (χ1n) is 5.61. The van der Waals surface area contributed by atoms with E-state index in [4.69, 9.17) is 10.8 Å². The Morgan fingerprint density at radius 2 is 2.12 bits per heavy atom. The molecule has 16 heavy (non-hydrogen) atoms. The number of carbonyl (C=O) groups is 2. The topological polar surface area (TPSA) is 83.6 Å². The van der Waals surface area contributed by atoms with Crippen LogP contribution in [0, 0.1) is 5.41 Å². The quantitative estimate of drug-likeness (QED) is 0.731. The van der Waals surface area contributed by atoms with Crippen LogP contribution < -0.4 is 5.73 Å². The van der Waals surface area contributed by atoms with Crippen LogP contribution in [0.15, 0.2) is 0 Å². The lowest BCUT2D eigenvalue weighted by molar-refractivity contribution is -0.143. The maximum atomic E-state index is 12.1. The minimum atomic E-state index is -0.852. The van der Waals surface area contributed by atoms with Crippen molar-refractivity contribution < 1.29 is 14.7 Å². The standard InChI is InChI=1S/C11H20N2O3/c1-11(2,7-12)10(16)13-5-3-4-8(13)6-9(14)15/h8H,3-7,12H2,1-2H3,(H,14,15). The summed E-state index contributed by atoms with van der Waals surface area (Å²) in [6, 6.07) is -0.157. The largest absolute Gasteiger partial charge is 0.481 e. The third-order valence-electron chi connectivity index (χ3n) is 3.14. The Balaban J connectivity index is 2.71. The third kappa shape index (κ3) is 2.72. The normalized spacial score (nSPS) is 21.2. The molecule has 0 radical (unpaired) electrons. The summed E-state index contributed by atoms with van der Waals surface area (Å²) < 4.78 is 0. The number of nitrogens with two attached hydrogens (primary N) is 1. The third-order valence-corrected chi connectivity index (χ3v) is 3.14. The fraction of sp³-hybridized carbons (Fsp3) is 0.818. The van der Waals surface area contributed by atoms with Crippen molar-refractivity contribution in [3.8, 4) is 0 Å². The van der Waals surface area contributed by atoms with Crippen LogP contribution in [0.2, 0.25) is 0 Å². The maximum Gasteiger partial charge on any atom is 0.305 e. The molecular formula is C11H20N2O3. The number of likely N-dealkylation sites (tertiary alicyclic amines) is 1. The molecule has 1 fully saturated rings. The van der Waals surface area contributed by atoms with E-state index in [2.05, 4.69) is 0 Å². The number of carboxylic acids is 1. The summed E-state index contributed by atoms with van der Waals surface area (Å²) in [5, 5.41) is 8.77. The monoisotopic (exact) mass is 228 g/mol. The molecule has 92 valence electrons. The molecule has 3 N–H and O–H groups in total. The van der Waals surface area contributed by atoms with E-state index in [-0.39, 0.29) is 24.9 Å². The molecule has 0 aliphatic carbocycles. The van der Waals surface area contributed by atoms with Gasteiger partial charge in [0.2, 0.25) is 5.91 Å². The Morgan fingerprint density at radius 3 is 2.62 bits per heavy atom. The number of hydrogen-bond acceptors (Lipinski definition) is 3. The molecule has 1 atom stereocenters. The van der Waals surface area contributed by atoms with Crippen LogP contribution in [-0.2, 0) is 9.59 Å². The van der Waals surface area contributed by atoms with Crippen LogP contribution in [-0.4, -0.2) is 41.0 Å². The molecule has 5 nitrogen and oxygen atoms in total. The Bertz CT molecular complexity index is 289. The molecule has 1 rings (SSSR count). The van der Waals surface area contributed by atoms with Crippen molar-refractivity contribution in [1.82, 2.24) is 4.90 Å². The predicted molar refractivity (Wildman–Crippen MR) is 59.8 cm³/mol. The molecule has 0 aromatic rings. The summed E-state index contributed by atoms with van der Waals surface area (Å²) >= 11 is 0. The molecule has 1 heterocycles. The minimum Gasteiger partial charge on any atom is -0.481 e. The zero-order chi connectivity index (χ0) is 12.3. The zero-order valence-electron chi connectivity index (χ0n) is 9.90. The molecule has 1 unspecified atom stereocenters. The number of rotatable bonds is 4. The average Bonchev–Trinajstić information content (AvgIpc) is 2.63. The van der Waals surface area contributed by atoms with E-state index in [1.54, 1.807) is 18.7 Å². The van der Waals surface area contributed by atoms with Gasteiger partial charge in [0.25, 0.3) is 0 Å². The Hall–Kier alpha value is -1.10. The molecular weight excluding hydrogens is 208 g/mol. The van der Waals surface area contributed by atoms with E-state index < -0.39 is 11.4 Å². The van der Waals surface area contributed by atoms with E-state index in [1.807, 2.05) is 0 Å². The Kier molecular flexibility index (Phi) is 3.91. The van der Waals surface area contributed by atoms with Crippen molar-refractivity contribution in [2.75, 3.05) is 13.1 Å². The van der Waals surface area contributed by atoms with E-state index in [1.165, 1.54) is 0 Å². The van der Waals surface area contributed by atoms with Gasteiger partial charge >= 0.3 is 5.97 Å². The fourth-order valence-electron chi connectivity index (χ4n) is 1.99. The van der Waals surface area contributed by atoms with Gasteiger partial charge in [-0.05, 0) is 26.7 Å². The molecule has 1 amide bonds. The van der Waals surface area contributed by atoms with Gasteiger partial charge in [-0.25, -0.2) is 0 Å². The predicted octanol–water partition coefficient (Wildman–Crippen LogP) is 0.437. The van der Waals surface area contributed by atoms with Crippen molar-refractivity contribution in [2.45, 2.75) is 39.2 Å². The molecule has 0 saturated carbocycles. The second-order valence-electron chi connectivity index (χ2n) is 4.98. The highest BCUT2D eigenvalue weighted by Crippen LogP contribution is 2.26. The maximum absolute atomic E-state index is 12.1. The number of nitrogens with zero attached hydrogens (tertiary/aromatic N) is 1. The van der Waals surface area contributed by atoms with Gasteiger partial charge in [0.15, 0.2) is 0 Å². The minimum absolute atomic E-state index is 0.0289. The van der Waals surface area contributed by atoms with Crippen LogP contribution >= 0.6 is 0 Å². The molecule has 1 aliphatic rings. The van der Waals surface area contributed by atoms with Crippen LogP contribution in [0.5, 0.6) is 0 Å². The van der Waals surface area contributed by atoms with Gasteiger partial charge < -0.3 is 15.7 Å². The zero-order valence-corrected chi connectivity index (χ0v) is 9.90. The summed E-state index contributed by atoms with van der Waals surface area (Å²) in [5.41, 5.74) is 4.96. The van der Waals surface area contributed by atoms with Crippen molar-refractivity contribution in [2.24, 2.45) is 11.1 Å². The van der Waals surface area contributed by atoms with Gasteiger partial charge in [0.1, 0.15) is 0 Å².